The lowest BCUT2D eigenvalue weighted by Gasteiger charge is -2.13. The summed E-state index contributed by atoms with van der Waals surface area (Å²) in [6.07, 6.45) is 0.816. The number of anilines is 1. The van der Waals surface area contributed by atoms with Crippen LogP contribution in [0.25, 0.3) is 0 Å². The van der Waals surface area contributed by atoms with Crippen LogP contribution in [0, 0.1) is 0 Å². The zero-order chi connectivity index (χ0) is 13.5. The van der Waals surface area contributed by atoms with Crippen molar-refractivity contribution in [2.24, 2.45) is 0 Å². The van der Waals surface area contributed by atoms with Crippen molar-refractivity contribution in [3.8, 4) is 5.75 Å². The highest BCUT2D eigenvalue weighted by Crippen LogP contribution is 2.31. The predicted molar refractivity (Wildman–Crippen MR) is 72.5 cm³/mol. The second kappa shape index (κ2) is 7.11. The molecule has 0 saturated heterocycles. The number of halogens is 1. The van der Waals surface area contributed by atoms with Crippen molar-refractivity contribution in [1.82, 2.24) is 0 Å². The topological polar surface area (TPSA) is 47.6 Å². The fourth-order valence-corrected chi connectivity index (χ4v) is 1.84. The molecule has 4 nitrogen and oxygen atoms in total. The molecule has 0 aliphatic rings. The maximum absolute atomic E-state index is 11.3. The molecular formula is C13H18ClNO3. The number of nitrogens with one attached hydrogen (secondary N) is 1. The van der Waals surface area contributed by atoms with Gasteiger partial charge in [-0.1, -0.05) is 18.5 Å². The fourth-order valence-electron chi connectivity index (χ4n) is 1.56. The Bertz CT molecular complexity index is 421. The van der Waals surface area contributed by atoms with Gasteiger partial charge in [0.05, 0.1) is 19.4 Å². The van der Waals surface area contributed by atoms with Crippen molar-refractivity contribution in [1.29, 1.82) is 0 Å². The standard InChI is InChI=1S/C13H18ClNO3/c1-4-9-6-11(12(17-3)7-10(9)14)15-8-13(16)18-5-2/h6-7,15H,4-5,8H2,1-3H3. The van der Waals surface area contributed by atoms with Crippen molar-refractivity contribution in [3.63, 3.8) is 0 Å². The maximum atomic E-state index is 11.3. The Balaban J connectivity index is 2.83. The summed E-state index contributed by atoms with van der Waals surface area (Å²) in [4.78, 5) is 11.3. The van der Waals surface area contributed by atoms with E-state index in [1.165, 1.54) is 0 Å². The number of ether oxygens (including phenoxy) is 2. The van der Waals surface area contributed by atoms with Crippen molar-refractivity contribution >= 4 is 23.3 Å². The third kappa shape index (κ3) is 3.81. The second-order valence-corrected chi connectivity index (χ2v) is 4.06. The first-order valence-electron chi connectivity index (χ1n) is 5.88. The molecule has 0 radical (unpaired) electrons. The maximum Gasteiger partial charge on any atom is 0.325 e. The normalized spacial score (nSPS) is 10.0. The Hall–Kier alpha value is -1.42. The van der Waals surface area contributed by atoms with E-state index in [4.69, 9.17) is 21.1 Å². The van der Waals surface area contributed by atoms with E-state index < -0.39 is 0 Å². The first-order valence-corrected chi connectivity index (χ1v) is 6.26. The molecule has 1 rings (SSSR count). The van der Waals surface area contributed by atoms with Crippen LogP contribution >= 0.6 is 11.6 Å². The zero-order valence-corrected chi connectivity index (χ0v) is 11.6. The second-order valence-electron chi connectivity index (χ2n) is 3.66. The monoisotopic (exact) mass is 271 g/mol. The van der Waals surface area contributed by atoms with E-state index in [0.29, 0.717) is 17.4 Å². The molecule has 0 heterocycles. The molecule has 0 bridgehead atoms. The van der Waals surface area contributed by atoms with Gasteiger partial charge >= 0.3 is 5.97 Å². The summed E-state index contributed by atoms with van der Waals surface area (Å²) in [5.74, 6) is 0.314. The number of hydrogen-bond acceptors (Lipinski definition) is 4. The minimum Gasteiger partial charge on any atom is -0.495 e. The average Bonchev–Trinajstić information content (AvgIpc) is 2.37. The number of esters is 1. The molecule has 5 heteroatoms. The molecule has 18 heavy (non-hydrogen) atoms. The summed E-state index contributed by atoms with van der Waals surface area (Å²) < 4.78 is 10.1. The van der Waals surface area contributed by atoms with Gasteiger partial charge in [-0.2, -0.15) is 0 Å². The van der Waals surface area contributed by atoms with Crippen LogP contribution in [-0.2, 0) is 16.0 Å². The number of methoxy groups -OCH3 is 1. The van der Waals surface area contributed by atoms with Gasteiger partial charge in [-0.15, -0.1) is 0 Å². The Kier molecular flexibility index (Phi) is 5.78. The van der Waals surface area contributed by atoms with Gasteiger partial charge in [0.2, 0.25) is 0 Å². The zero-order valence-electron chi connectivity index (χ0n) is 10.9. The number of carbonyl (C=O) groups is 1. The lowest BCUT2D eigenvalue weighted by molar-refractivity contribution is -0.140. The van der Waals surface area contributed by atoms with Crippen molar-refractivity contribution in [2.45, 2.75) is 20.3 Å². The molecule has 1 aromatic carbocycles. The Labute approximate surface area is 112 Å². The van der Waals surface area contributed by atoms with E-state index in [0.717, 1.165) is 17.7 Å². The molecule has 0 atom stereocenters. The van der Waals surface area contributed by atoms with Gasteiger partial charge in [0.25, 0.3) is 0 Å². The van der Waals surface area contributed by atoms with Gasteiger partial charge in [-0.05, 0) is 25.0 Å². The largest absolute Gasteiger partial charge is 0.495 e. The van der Waals surface area contributed by atoms with Gasteiger partial charge < -0.3 is 14.8 Å². The van der Waals surface area contributed by atoms with Crippen LogP contribution in [0.1, 0.15) is 19.4 Å². The van der Waals surface area contributed by atoms with Crippen LogP contribution in [-0.4, -0.2) is 26.2 Å². The van der Waals surface area contributed by atoms with Gasteiger partial charge in [0.15, 0.2) is 0 Å². The average molecular weight is 272 g/mol. The molecule has 1 aromatic rings. The molecule has 0 spiro atoms. The Morgan fingerprint density at radius 2 is 2.11 bits per heavy atom. The Morgan fingerprint density at radius 3 is 2.67 bits per heavy atom. The highest BCUT2D eigenvalue weighted by molar-refractivity contribution is 6.31. The van der Waals surface area contributed by atoms with Crippen molar-refractivity contribution in [3.05, 3.63) is 22.7 Å². The van der Waals surface area contributed by atoms with Gasteiger partial charge in [0.1, 0.15) is 12.3 Å². The fraction of sp³-hybridized carbons (Fsp3) is 0.462. The Morgan fingerprint density at radius 1 is 1.39 bits per heavy atom. The summed E-state index contributed by atoms with van der Waals surface area (Å²) in [5.41, 5.74) is 1.75. The molecule has 1 N–H and O–H groups in total. The lowest BCUT2D eigenvalue weighted by atomic mass is 10.1. The highest BCUT2D eigenvalue weighted by Gasteiger charge is 2.10. The minimum atomic E-state index is -0.299. The summed E-state index contributed by atoms with van der Waals surface area (Å²) in [7, 11) is 1.56. The van der Waals surface area contributed by atoms with Gasteiger partial charge in [-0.3, -0.25) is 4.79 Å². The van der Waals surface area contributed by atoms with Crippen LogP contribution in [0.3, 0.4) is 0 Å². The molecule has 0 fully saturated rings. The molecule has 0 saturated carbocycles. The molecule has 100 valence electrons. The predicted octanol–water partition coefficient (Wildman–Crippen LogP) is 2.89. The molecule has 0 aliphatic heterocycles. The van der Waals surface area contributed by atoms with E-state index >= 15 is 0 Å². The first-order chi connectivity index (χ1) is 8.62. The number of benzene rings is 1. The molecule has 0 unspecified atom stereocenters. The number of carbonyl (C=O) groups excluding carboxylic acids is 1. The molecule has 0 aromatic heterocycles. The first kappa shape index (κ1) is 14.6. The minimum absolute atomic E-state index is 0.106. The number of rotatable bonds is 6. The van der Waals surface area contributed by atoms with Gasteiger partial charge in [0, 0.05) is 11.1 Å². The van der Waals surface area contributed by atoms with Crippen LogP contribution in [0.4, 0.5) is 5.69 Å². The summed E-state index contributed by atoms with van der Waals surface area (Å²) in [5, 5.41) is 3.66. The van der Waals surface area contributed by atoms with Crippen LogP contribution in [0.15, 0.2) is 12.1 Å². The third-order valence-electron chi connectivity index (χ3n) is 2.48. The van der Waals surface area contributed by atoms with Gasteiger partial charge in [-0.25, -0.2) is 0 Å². The van der Waals surface area contributed by atoms with Crippen molar-refractivity contribution in [2.75, 3.05) is 25.6 Å². The highest BCUT2D eigenvalue weighted by atomic mass is 35.5. The van der Waals surface area contributed by atoms with Crippen LogP contribution < -0.4 is 10.1 Å². The van der Waals surface area contributed by atoms with E-state index in [9.17, 15) is 4.79 Å². The summed E-state index contributed by atoms with van der Waals surface area (Å²) in [6, 6.07) is 3.63. The number of hydrogen-bond donors (Lipinski definition) is 1. The molecule has 0 amide bonds. The smallest absolute Gasteiger partial charge is 0.325 e. The van der Waals surface area contributed by atoms with E-state index in [1.807, 2.05) is 13.0 Å². The van der Waals surface area contributed by atoms with Crippen LogP contribution in [0.2, 0.25) is 5.02 Å². The van der Waals surface area contributed by atoms with E-state index in [2.05, 4.69) is 5.32 Å². The lowest BCUT2D eigenvalue weighted by Crippen LogP contribution is -2.17. The quantitative estimate of drug-likeness (QED) is 0.808. The SMILES string of the molecule is CCOC(=O)CNc1cc(CC)c(Cl)cc1OC. The van der Waals surface area contributed by atoms with Crippen LogP contribution in [0.5, 0.6) is 5.75 Å². The third-order valence-corrected chi connectivity index (χ3v) is 2.83. The van der Waals surface area contributed by atoms with E-state index in [1.54, 1.807) is 20.1 Å². The number of aryl methyl sites for hydroxylation is 1. The summed E-state index contributed by atoms with van der Waals surface area (Å²) >= 11 is 6.09. The summed E-state index contributed by atoms with van der Waals surface area (Å²) in [6.45, 7) is 4.27. The van der Waals surface area contributed by atoms with Crippen molar-refractivity contribution < 1.29 is 14.3 Å². The molecule has 0 aliphatic carbocycles. The van der Waals surface area contributed by atoms with E-state index in [-0.39, 0.29) is 12.5 Å². The molecular weight excluding hydrogens is 254 g/mol.